The Bertz CT molecular complexity index is 779. The lowest BCUT2D eigenvalue weighted by molar-refractivity contribution is -0.149. The number of ether oxygens (including phenoxy) is 3. The number of benzene rings is 1. The molecule has 30 heavy (non-hydrogen) atoms. The minimum atomic E-state index is -0.545. The van der Waals surface area contributed by atoms with E-state index in [-0.39, 0.29) is 11.9 Å². The van der Waals surface area contributed by atoms with Crippen LogP contribution in [0, 0.1) is 5.92 Å². The molecular weight excluding hydrogens is 380 g/mol. The maximum atomic E-state index is 12.0. The van der Waals surface area contributed by atoms with Gasteiger partial charge in [0, 0.05) is 11.5 Å². The van der Waals surface area contributed by atoms with Crippen LogP contribution in [0.3, 0.4) is 0 Å². The molecule has 0 bridgehead atoms. The van der Waals surface area contributed by atoms with Gasteiger partial charge < -0.3 is 19.0 Å². The number of aldehydes is 1. The third-order valence-corrected chi connectivity index (χ3v) is 4.19. The van der Waals surface area contributed by atoms with Crippen LogP contribution in [-0.4, -0.2) is 31.1 Å². The van der Waals surface area contributed by atoms with Gasteiger partial charge in [0.15, 0.2) is 0 Å². The van der Waals surface area contributed by atoms with Gasteiger partial charge in [-0.2, -0.15) is 0 Å². The van der Waals surface area contributed by atoms with Crippen LogP contribution in [0.5, 0.6) is 5.75 Å². The first-order chi connectivity index (χ1) is 14.1. The number of allylic oxidation sites excluding steroid dienone is 4. The van der Waals surface area contributed by atoms with E-state index in [1.54, 1.807) is 20.1 Å². The Morgan fingerprint density at radius 2 is 1.77 bits per heavy atom. The van der Waals surface area contributed by atoms with Gasteiger partial charge in [-0.05, 0) is 58.4 Å². The summed E-state index contributed by atoms with van der Waals surface area (Å²) in [5, 5.41) is 0. The first-order valence-electron chi connectivity index (χ1n) is 10.0. The molecule has 0 fully saturated rings. The smallest absolute Gasteiger partial charge is 0.334 e. The van der Waals surface area contributed by atoms with Gasteiger partial charge >= 0.3 is 5.97 Å². The van der Waals surface area contributed by atoms with Crippen molar-refractivity contribution in [3.8, 4) is 5.75 Å². The fourth-order valence-corrected chi connectivity index (χ4v) is 2.53. The molecule has 164 valence electrons. The second kappa shape index (κ2) is 12.1. The minimum absolute atomic E-state index is 0.0965. The van der Waals surface area contributed by atoms with Gasteiger partial charge in [-0.3, -0.25) is 0 Å². The van der Waals surface area contributed by atoms with Crippen molar-refractivity contribution in [1.82, 2.24) is 0 Å². The third-order valence-electron chi connectivity index (χ3n) is 4.19. The molecule has 0 amide bonds. The molecule has 0 spiro atoms. The van der Waals surface area contributed by atoms with E-state index in [9.17, 15) is 9.59 Å². The van der Waals surface area contributed by atoms with E-state index in [1.165, 1.54) is 0 Å². The van der Waals surface area contributed by atoms with Crippen molar-refractivity contribution in [3.63, 3.8) is 0 Å². The average Bonchev–Trinajstić information content (AvgIpc) is 2.67. The Morgan fingerprint density at radius 1 is 1.13 bits per heavy atom. The minimum Gasteiger partial charge on any atom is -0.497 e. The molecule has 0 aliphatic carbocycles. The topological polar surface area (TPSA) is 61.8 Å². The molecule has 0 saturated heterocycles. The number of carbonyl (C=O) groups is 2. The normalized spacial score (nSPS) is 15.0. The average molecular weight is 415 g/mol. The third kappa shape index (κ3) is 9.70. The summed E-state index contributed by atoms with van der Waals surface area (Å²) >= 11 is 0. The van der Waals surface area contributed by atoms with Crippen molar-refractivity contribution >= 4 is 12.3 Å². The Balaban J connectivity index is 2.64. The van der Waals surface area contributed by atoms with Gasteiger partial charge in [0.25, 0.3) is 0 Å². The van der Waals surface area contributed by atoms with Gasteiger partial charge in [-0.25, -0.2) is 4.79 Å². The monoisotopic (exact) mass is 414 g/mol. The van der Waals surface area contributed by atoms with Crippen LogP contribution >= 0.6 is 0 Å². The Morgan fingerprint density at radius 3 is 2.30 bits per heavy atom. The second-order valence-corrected chi connectivity index (χ2v) is 8.24. The summed E-state index contributed by atoms with van der Waals surface area (Å²) in [4.78, 5) is 23.5. The van der Waals surface area contributed by atoms with E-state index in [1.807, 2.05) is 77.1 Å². The molecule has 5 heteroatoms. The summed E-state index contributed by atoms with van der Waals surface area (Å²) in [6.07, 6.45) is 7.72. The SMILES string of the molecule is COc1ccc(CO[C@H](C=O)[C@H](C)/C=C/C=C(C)/C=C(\C)C(=O)OC(C)(C)C)cc1. The molecule has 1 aromatic rings. The highest BCUT2D eigenvalue weighted by Crippen LogP contribution is 2.15. The predicted octanol–water partition coefficient (Wildman–Crippen LogP) is 5.21. The zero-order valence-corrected chi connectivity index (χ0v) is 19.1. The molecule has 0 unspecified atom stereocenters. The molecule has 1 aromatic carbocycles. The summed E-state index contributed by atoms with van der Waals surface area (Å²) in [7, 11) is 1.62. The maximum Gasteiger partial charge on any atom is 0.334 e. The molecule has 0 radical (unpaired) electrons. The predicted molar refractivity (Wildman–Crippen MR) is 119 cm³/mol. The standard InChI is InChI=1S/C25H34O5/c1-18(15-20(3)24(27)30-25(4,5)6)9-8-10-19(2)23(16-26)29-17-21-11-13-22(28-7)14-12-21/h8-16,19,23H,17H2,1-7H3/b10-8+,18-9+,20-15+/t19-,23-/m1/s1. The molecule has 0 aliphatic heterocycles. The molecule has 0 N–H and O–H groups in total. The van der Waals surface area contributed by atoms with Gasteiger partial charge in [-0.1, -0.05) is 42.9 Å². The lowest BCUT2D eigenvalue weighted by Gasteiger charge is -2.19. The van der Waals surface area contributed by atoms with Crippen LogP contribution in [0.1, 0.15) is 47.1 Å². The zero-order chi connectivity index (χ0) is 22.7. The van der Waals surface area contributed by atoms with Crippen LogP contribution in [0.25, 0.3) is 0 Å². The van der Waals surface area contributed by atoms with Gasteiger partial charge in [0.05, 0.1) is 13.7 Å². The summed E-state index contributed by atoms with van der Waals surface area (Å²) in [5.74, 6) is 0.348. The molecule has 5 nitrogen and oxygen atoms in total. The van der Waals surface area contributed by atoms with E-state index in [4.69, 9.17) is 14.2 Å². The van der Waals surface area contributed by atoms with E-state index >= 15 is 0 Å². The summed E-state index contributed by atoms with van der Waals surface area (Å²) < 4.78 is 16.2. The summed E-state index contributed by atoms with van der Waals surface area (Å²) in [6.45, 7) is 11.4. The summed E-state index contributed by atoms with van der Waals surface area (Å²) in [5.41, 5.74) is 1.89. The van der Waals surface area contributed by atoms with E-state index in [0.717, 1.165) is 23.2 Å². The molecule has 0 aliphatic rings. The van der Waals surface area contributed by atoms with Gasteiger partial charge in [0.2, 0.25) is 0 Å². The molecule has 0 saturated carbocycles. The van der Waals surface area contributed by atoms with E-state index in [0.29, 0.717) is 12.2 Å². The van der Waals surface area contributed by atoms with Crippen LogP contribution in [0.2, 0.25) is 0 Å². The number of rotatable bonds is 10. The van der Waals surface area contributed by atoms with E-state index < -0.39 is 11.7 Å². The van der Waals surface area contributed by atoms with Crippen molar-refractivity contribution in [2.75, 3.05) is 7.11 Å². The number of hydrogen-bond donors (Lipinski definition) is 0. The van der Waals surface area contributed by atoms with Crippen LogP contribution in [-0.2, 0) is 25.7 Å². The second-order valence-electron chi connectivity index (χ2n) is 8.24. The number of carbonyl (C=O) groups excluding carboxylic acids is 2. The van der Waals surface area contributed by atoms with Gasteiger partial charge in [0.1, 0.15) is 23.7 Å². The number of hydrogen-bond acceptors (Lipinski definition) is 5. The Kier molecular flexibility index (Phi) is 10.3. The molecule has 2 atom stereocenters. The highest BCUT2D eigenvalue weighted by atomic mass is 16.6. The maximum absolute atomic E-state index is 12.0. The first-order valence-corrected chi connectivity index (χ1v) is 10.0. The summed E-state index contributed by atoms with van der Waals surface area (Å²) in [6, 6.07) is 7.54. The molecule has 0 heterocycles. The van der Waals surface area contributed by atoms with Crippen molar-refractivity contribution < 1.29 is 23.8 Å². The Hall–Kier alpha value is -2.66. The van der Waals surface area contributed by atoms with Crippen LogP contribution in [0.15, 0.2) is 59.7 Å². The Labute approximate surface area is 180 Å². The first kappa shape index (κ1) is 25.4. The largest absolute Gasteiger partial charge is 0.497 e. The zero-order valence-electron chi connectivity index (χ0n) is 19.1. The lowest BCUT2D eigenvalue weighted by atomic mass is 10.0. The van der Waals surface area contributed by atoms with Crippen LogP contribution < -0.4 is 4.74 Å². The fourth-order valence-electron chi connectivity index (χ4n) is 2.53. The highest BCUT2D eigenvalue weighted by Gasteiger charge is 2.17. The number of methoxy groups -OCH3 is 1. The molecule has 0 aromatic heterocycles. The van der Waals surface area contributed by atoms with Crippen molar-refractivity contribution in [2.45, 2.75) is 59.9 Å². The quantitative estimate of drug-likeness (QED) is 0.228. The van der Waals surface area contributed by atoms with Crippen molar-refractivity contribution in [1.29, 1.82) is 0 Å². The van der Waals surface area contributed by atoms with Crippen molar-refractivity contribution in [2.24, 2.45) is 5.92 Å². The van der Waals surface area contributed by atoms with Crippen LogP contribution in [0.4, 0.5) is 0 Å². The molecule has 1 rings (SSSR count). The van der Waals surface area contributed by atoms with Crippen molar-refractivity contribution in [3.05, 3.63) is 65.3 Å². The van der Waals surface area contributed by atoms with E-state index in [2.05, 4.69) is 0 Å². The molecular formula is C25H34O5. The number of esters is 1. The van der Waals surface area contributed by atoms with Gasteiger partial charge in [-0.15, -0.1) is 0 Å². The lowest BCUT2D eigenvalue weighted by Crippen LogP contribution is -2.24. The fraction of sp³-hybridized carbons (Fsp3) is 0.440. The highest BCUT2D eigenvalue weighted by molar-refractivity contribution is 5.88.